The summed E-state index contributed by atoms with van der Waals surface area (Å²) in [7, 11) is 3.12. The standard InChI is InChI=1S/C17H20N2O3/c1-21-15-6-5-12-10-18-8-7-14(12)16(15)19-9-3-4-13(11-19)17(20)22-2/h5-8,10,13H,3-4,9,11H2,1-2H3. The number of hydrogen-bond donors (Lipinski definition) is 0. The Kier molecular flexibility index (Phi) is 4.13. The number of anilines is 1. The van der Waals surface area contributed by atoms with Gasteiger partial charge in [0.2, 0.25) is 0 Å². The fourth-order valence-corrected chi connectivity index (χ4v) is 3.16. The first-order valence-corrected chi connectivity index (χ1v) is 7.48. The van der Waals surface area contributed by atoms with E-state index in [1.165, 1.54) is 7.11 Å². The Balaban J connectivity index is 2.02. The van der Waals surface area contributed by atoms with Gasteiger partial charge in [0.25, 0.3) is 0 Å². The molecule has 0 amide bonds. The minimum absolute atomic E-state index is 0.0828. The highest BCUT2D eigenvalue weighted by Gasteiger charge is 2.28. The minimum Gasteiger partial charge on any atom is -0.495 e. The maximum absolute atomic E-state index is 11.9. The van der Waals surface area contributed by atoms with E-state index in [-0.39, 0.29) is 11.9 Å². The first kappa shape index (κ1) is 14.6. The summed E-state index contributed by atoms with van der Waals surface area (Å²) in [5.41, 5.74) is 1.04. The highest BCUT2D eigenvalue weighted by molar-refractivity contribution is 5.97. The zero-order chi connectivity index (χ0) is 15.5. The van der Waals surface area contributed by atoms with E-state index < -0.39 is 0 Å². The largest absolute Gasteiger partial charge is 0.495 e. The molecule has 0 N–H and O–H groups in total. The van der Waals surface area contributed by atoms with Crippen molar-refractivity contribution in [3.8, 4) is 5.75 Å². The lowest BCUT2D eigenvalue weighted by atomic mass is 9.96. The molecule has 1 aliphatic rings. The summed E-state index contributed by atoms with van der Waals surface area (Å²) in [5.74, 6) is 0.607. The van der Waals surface area contributed by atoms with Gasteiger partial charge in [0, 0.05) is 36.3 Å². The molecular formula is C17H20N2O3. The molecule has 0 bridgehead atoms. The van der Waals surface area contributed by atoms with Crippen LogP contribution in [0.4, 0.5) is 5.69 Å². The summed E-state index contributed by atoms with van der Waals surface area (Å²) in [6.07, 6.45) is 5.47. The molecule has 1 aromatic carbocycles. The number of methoxy groups -OCH3 is 2. The van der Waals surface area contributed by atoms with Gasteiger partial charge in [-0.1, -0.05) is 0 Å². The molecule has 3 rings (SSSR count). The molecule has 116 valence electrons. The van der Waals surface area contributed by atoms with Gasteiger partial charge in [0.15, 0.2) is 0 Å². The van der Waals surface area contributed by atoms with E-state index in [9.17, 15) is 4.79 Å². The maximum atomic E-state index is 11.9. The number of rotatable bonds is 3. The molecule has 1 aliphatic heterocycles. The zero-order valence-electron chi connectivity index (χ0n) is 12.9. The fourth-order valence-electron chi connectivity index (χ4n) is 3.16. The first-order valence-electron chi connectivity index (χ1n) is 7.48. The molecule has 1 unspecified atom stereocenters. The second kappa shape index (κ2) is 6.22. The van der Waals surface area contributed by atoms with E-state index in [0.717, 1.165) is 41.6 Å². The van der Waals surface area contributed by atoms with Crippen LogP contribution in [0.1, 0.15) is 12.8 Å². The van der Waals surface area contributed by atoms with Crippen molar-refractivity contribution in [2.24, 2.45) is 5.92 Å². The van der Waals surface area contributed by atoms with Gasteiger partial charge in [0.1, 0.15) is 5.75 Å². The molecular weight excluding hydrogens is 280 g/mol. The zero-order valence-corrected chi connectivity index (χ0v) is 12.9. The number of fused-ring (bicyclic) bond motifs is 1. The van der Waals surface area contributed by atoms with Crippen LogP contribution in [0.5, 0.6) is 5.75 Å². The summed E-state index contributed by atoms with van der Waals surface area (Å²) in [5, 5.41) is 2.17. The van der Waals surface area contributed by atoms with Crippen molar-refractivity contribution < 1.29 is 14.3 Å². The second-order valence-electron chi connectivity index (χ2n) is 5.52. The van der Waals surface area contributed by atoms with E-state index in [1.54, 1.807) is 13.3 Å². The SMILES string of the molecule is COC(=O)C1CCCN(c2c(OC)ccc3cnccc23)C1. The third kappa shape index (κ3) is 2.58. The van der Waals surface area contributed by atoms with Gasteiger partial charge in [-0.25, -0.2) is 0 Å². The lowest BCUT2D eigenvalue weighted by Gasteiger charge is -2.34. The van der Waals surface area contributed by atoms with Gasteiger partial charge in [-0.15, -0.1) is 0 Å². The van der Waals surface area contributed by atoms with Crippen molar-refractivity contribution in [3.05, 3.63) is 30.6 Å². The van der Waals surface area contributed by atoms with Gasteiger partial charge >= 0.3 is 5.97 Å². The maximum Gasteiger partial charge on any atom is 0.310 e. The smallest absolute Gasteiger partial charge is 0.310 e. The van der Waals surface area contributed by atoms with Crippen molar-refractivity contribution in [2.75, 3.05) is 32.2 Å². The Morgan fingerprint density at radius 3 is 2.95 bits per heavy atom. The quantitative estimate of drug-likeness (QED) is 0.816. The summed E-state index contributed by atoms with van der Waals surface area (Å²) in [4.78, 5) is 18.3. The monoisotopic (exact) mass is 300 g/mol. The molecule has 5 nitrogen and oxygen atoms in total. The molecule has 2 aromatic rings. The van der Waals surface area contributed by atoms with Crippen LogP contribution < -0.4 is 9.64 Å². The van der Waals surface area contributed by atoms with Crippen LogP contribution in [0, 0.1) is 5.92 Å². The van der Waals surface area contributed by atoms with Gasteiger partial charge < -0.3 is 14.4 Å². The molecule has 0 spiro atoms. The van der Waals surface area contributed by atoms with E-state index in [2.05, 4.69) is 9.88 Å². The van der Waals surface area contributed by atoms with E-state index >= 15 is 0 Å². The van der Waals surface area contributed by atoms with Gasteiger partial charge in [0.05, 0.1) is 25.8 Å². The number of aromatic nitrogens is 1. The number of nitrogens with zero attached hydrogens (tertiary/aromatic N) is 2. The number of esters is 1. The minimum atomic E-state index is -0.134. The number of pyridine rings is 1. The fraction of sp³-hybridized carbons (Fsp3) is 0.412. The molecule has 0 saturated carbocycles. The summed E-state index contributed by atoms with van der Waals surface area (Å²) < 4.78 is 10.5. The molecule has 1 saturated heterocycles. The highest BCUT2D eigenvalue weighted by atomic mass is 16.5. The lowest BCUT2D eigenvalue weighted by Crippen LogP contribution is -2.39. The number of hydrogen-bond acceptors (Lipinski definition) is 5. The normalized spacial score (nSPS) is 18.3. The second-order valence-corrected chi connectivity index (χ2v) is 5.52. The predicted octanol–water partition coefficient (Wildman–Crippen LogP) is 2.63. The van der Waals surface area contributed by atoms with Gasteiger partial charge in [-0.3, -0.25) is 9.78 Å². The molecule has 2 heterocycles. The Morgan fingerprint density at radius 1 is 1.32 bits per heavy atom. The van der Waals surface area contributed by atoms with Gasteiger partial charge in [-0.2, -0.15) is 0 Å². The summed E-state index contributed by atoms with van der Waals surface area (Å²) in [6.45, 7) is 1.57. The topological polar surface area (TPSA) is 51.7 Å². The number of piperidine rings is 1. The summed E-state index contributed by atoms with van der Waals surface area (Å²) in [6, 6.07) is 5.96. The number of carbonyl (C=O) groups is 1. The van der Waals surface area contributed by atoms with E-state index in [0.29, 0.717) is 6.54 Å². The van der Waals surface area contributed by atoms with Crippen LogP contribution in [-0.2, 0) is 9.53 Å². The molecule has 1 aromatic heterocycles. The van der Waals surface area contributed by atoms with Crippen LogP contribution in [-0.4, -0.2) is 38.3 Å². The van der Waals surface area contributed by atoms with Crippen molar-refractivity contribution in [1.82, 2.24) is 4.98 Å². The molecule has 1 fully saturated rings. The molecule has 0 radical (unpaired) electrons. The number of benzene rings is 1. The van der Waals surface area contributed by atoms with Crippen LogP contribution in [0.25, 0.3) is 10.8 Å². The molecule has 22 heavy (non-hydrogen) atoms. The molecule has 0 aliphatic carbocycles. The lowest BCUT2D eigenvalue weighted by molar-refractivity contribution is -0.145. The Morgan fingerprint density at radius 2 is 2.18 bits per heavy atom. The third-order valence-electron chi connectivity index (χ3n) is 4.25. The van der Waals surface area contributed by atoms with Crippen LogP contribution in [0.15, 0.2) is 30.6 Å². The Hall–Kier alpha value is -2.30. The Labute approximate surface area is 129 Å². The van der Waals surface area contributed by atoms with Gasteiger partial charge in [-0.05, 0) is 31.0 Å². The molecule has 5 heteroatoms. The average Bonchev–Trinajstić information content (AvgIpc) is 2.60. The van der Waals surface area contributed by atoms with Crippen molar-refractivity contribution in [2.45, 2.75) is 12.8 Å². The average molecular weight is 300 g/mol. The molecule has 1 atom stereocenters. The van der Waals surface area contributed by atoms with Crippen LogP contribution >= 0.6 is 0 Å². The third-order valence-corrected chi connectivity index (χ3v) is 4.25. The van der Waals surface area contributed by atoms with Crippen molar-refractivity contribution in [1.29, 1.82) is 0 Å². The van der Waals surface area contributed by atoms with Crippen LogP contribution in [0.2, 0.25) is 0 Å². The van der Waals surface area contributed by atoms with Crippen molar-refractivity contribution in [3.63, 3.8) is 0 Å². The highest BCUT2D eigenvalue weighted by Crippen LogP contribution is 2.38. The number of ether oxygens (including phenoxy) is 2. The van der Waals surface area contributed by atoms with E-state index in [1.807, 2.05) is 24.4 Å². The van der Waals surface area contributed by atoms with Crippen molar-refractivity contribution >= 4 is 22.4 Å². The van der Waals surface area contributed by atoms with E-state index in [4.69, 9.17) is 9.47 Å². The summed E-state index contributed by atoms with van der Waals surface area (Å²) >= 11 is 0. The first-order chi connectivity index (χ1) is 10.7. The van der Waals surface area contributed by atoms with Crippen LogP contribution in [0.3, 0.4) is 0 Å². The predicted molar refractivity (Wildman–Crippen MR) is 85.2 cm³/mol. The number of carbonyl (C=O) groups excluding carboxylic acids is 1. The Bertz CT molecular complexity index is 687.